The molecule has 3 amide bonds. The standard InChI is InChI=1S/C29H38N4O3/c1-4-31(5-2)29(36)25-20-24(30-27(34)22-8-6-9-22)14-15-26(25)32-16-7-17-33(19-18-32)28(35)23-12-10-21(3)11-13-23/h10-15,20,22H,4-9,16-19H2,1-3H3,(H,30,34). The van der Waals surface area contributed by atoms with Crippen LogP contribution in [0.4, 0.5) is 11.4 Å². The minimum absolute atomic E-state index is 0.0356. The number of hydrogen-bond donors (Lipinski definition) is 1. The fourth-order valence-electron chi connectivity index (χ4n) is 4.90. The molecule has 7 nitrogen and oxygen atoms in total. The Morgan fingerprint density at radius 3 is 2.28 bits per heavy atom. The van der Waals surface area contributed by atoms with Gasteiger partial charge in [0.15, 0.2) is 0 Å². The van der Waals surface area contributed by atoms with Crippen molar-refractivity contribution in [2.45, 2.75) is 46.5 Å². The van der Waals surface area contributed by atoms with Crippen LogP contribution in [0, 0.1) is 12.8 Å². The summed E-state index contributed by atoms with van der Waals surface area (Å²) >= 11 is 0. The number of amides is 3. The minimum Gasteiger partial charge on any atom is -0.369 e. The van der Waals surface area contributed by atoms with Gasteiger partial charge in [0.2, 0.25) is 5.91 Å². The molecule has 7 heteroatoms. The van der Waals surface area contributed by atoms with Crippen molar-refractivity contribution in [2.24, 2.45) is 5.92 Å². The lowest BCUT2D eigenvalue weighted by Gasteiger charge is -2.29. The van der Waals surface area contributed by atoms with Gasteiger partial charge in [-0.1, -0.05) is 24.1 Å². The number of hydrogen-bond acceptors (Lipinski definition) is 4. The number of nitrogens with one attached hydrogen (secondary N) is 1. The van der Waals surface area contributed by atoms with Crippen molar-refractivity contribution in [2.75, 3.05) is 49.5 Å². The van der Waals surface area contributed by atoms with Gasteiger partial charge in [-0.05, 0) is 70.4 Å². The zero-order valence-corrected chi connectivity index (χ0v) is 21.8. The maximum atomic E-state index is 13.5. The lowest BCUT2D eigenvalue weighted by molar-refractivity contribution is -0.122. The first kappa shape index (κ1) is 25.7. The maximum absolute atomic E-state index is 13.5. The number of anilines is 2. The topological polar surface area (TPSA) is 73.0 Å². The molecule has 2 aromatic carbocycles. The molecule has 2 aliphatic rings. The Bertz CT molecular complexity index is 1090. The zero-order valence-electron chi connectivity index (χ0n) is 21.8. The summed E-state index contributed by atoms with van der Waals surface area (Å²) in [5, 5.41) is 3.02. The van der Waals surface area contributed by atoms with Gasteiger partial charge in [-0.15, -0.1) is 0 Å². The fraction of sp³-hybridized carbons (Fsp3) is 0.483. The first-order valence-corrected chi connectivity index (χ1v) is 13.3. The first-order chi connectivity index (χ1) is 17.4. The van der Waals surface area contributed by atoms with Crippen molar-refractivity contribution in [3.05, 3.63) is 59.2 Å². The molecule has 0 atom stereocenters. The molecule has 1 aliphatic carbocycles. The lowest BCUT2D eigenvalue weighted by atomic mass is 9.85. The number of aryl methyl sites for hydroxylation is 1. The van der Waals surface area contributed by atoms with Crippen LogP contribution in [0.25, 0.3) is 0 Å². The highest BCUT2D eigenvalue weighted by Crippen LogP contribution is 2.30. The quantitative estimate of drug-likeness (QED) is 0.617. The largest absolute Gasteiger partial charge is 0.369 e. The molecule has 0 bridgehead atoms. The van der Waals surface area contributed by atoms with E-state index in [1.165, 1.54) is 0 Å². The molecule has 0 spiro atoms. The van der Waals surface area contributed by atoms with Gasteiger partial charge in [0.1, 0.15) is 0 Å². The van der Waals surface area contributed by atoms with Crippen molar-refractivity contribution < 1.29 is 14.4 Å². The summed E-state index contributed by atoms with van der Waals surface area (Å²) in [6.07, 6.45) is 3.78. The average Bonchev–Trinajstić information content (AvgIpc) is 3.10. The van der Waals surface area contributed by atoms with Gasteiger partial charge in [0.25, 0.3) is 11.8 Å². The van der Waals surface area contributed by atoms with Crippen LogP contribution in [0.2, 0.25) is 0 Å². The predicted octanol–water partition coefficient (Wildman–Crippen LogP) is 4.57. The molecule has 2 aromatic rings. The molecular weight excluding hydrogens is 452 g/mol. The van der Waals surface area contributed by atoms with Crippen LogP contribution in [0.15, 0.2) is 42.5 Å². The van der Waals surface area contributed by atoms with E-state index in [2.05, 4.69) is 10.2 Å². The maximum Gasteiger partial charge on any atom is 0.256 e. The third-order valence-electron chi connectivity index (χ3n) is 7.44. The van der Waals surface area contributed by atoms with E-state index in [9.17, 15) is 14.4 Å². The molecule has 4 rings (SSSR count). The van der Waals surface area contributed by atoms with E-state index in [1.807, 2.05) is 68.1 Å². The summed E-state index contributed by atoms with van der Waals surface area (Å²) in [5.41, 5.74) is 3.96. The molecule has 1 aliphatic heterocycles. The zero-order chi connectivity index (χ0) is 25.7. The van der Waals surface area contributed by atoms with Crippen molar-refractivity contribution >= 4 is 29.1 Å². The Kier molecular flexibility index (Phi) is 8.28. The highest BCUT2D eigenvalue weighted by atomic mass is 16.2. The van der Waals surface area contributed by atoms with E-state index in [4.69, 9.17) is 0 Å². The van der Waals surface area contributed by atoms with Crippen LogP contribution in [-0.2, 0) is 4.79 Å². The molecule has 0 aromatic heterocycles. The van der Waals surface area contributed by atoms with Gasteiger partial charge in [-0.25, -0.2) is 0 Å². The summed E-state index contributed by atoms with van der Waals surface area (Å²) < 4.78 is 0. The molecule has 0 radical (unpaired) electrons. The second-order valence-electron chi connectivity index (χ2n) is 9.83. The summed E-state index contributed by atoms with van der Waals surface area (Å²) in [6, 6.07) is 13.4. The van der Waals surface area contributed by atoms with Crippen molar-refractivity contribution in [1.82, 2.24) is 9.80 Å². The van der Waals surface area contributed by atoms with Gasteiger partial charge >= 0.3 is 0 Å². The van der Waals surface area contributed by atoms with E-state index >= 15 is 0 Å². The Hall–Kier alpha value is -3.35. The van der Waals surface area contributed by atoms with Crippen LogP contribution in [0.5, 0.6) is 0 Å². The third kappa shape index (κ3) is 5.72. The third-order valence-corrected chi connectivity index (χ3v) is 7.44. The highest BCUT2D eigenvalue weighted by molar-refractivity contribution is 6.02. The van der Waals surface area contributed by atoms with E-state index in [1.54, 1.807) is 4.90 Å². The molecule has 0 unspecified atom stereocenters. The minimum atomic E-state index is -0.0356. The number of benzene rings is 2. The SMILES string of the molecule is CCN(CC)C(=O)c1cc(NC(=O)C2CCC2)ccc1N1CCCN(C(=O)c2ccc(C)cc2)CC1. The molecule has 1 saturated carbocycles. The second kappa shape index (κ2) is 11.6. The Labute approximate surface area is 214 Å². The first-order valence-electron chi connectivity index (χ1n) is 13.3. The smallest absolute Gasteiger partial charge is 0.256 e. The van der Waals surface area contributed by atoms with Gasteiger partial charge in [-0.3, -0.25) is 14.4 Å². The monoisotopic (exact) mass is 490 g/mol. The number of carbonyl (C=O) groups excluding carboxylic acids is 3. The van der Waals surface area contributed by atoms with E-state index < -0.39 is 0 Å². The average molecular weight is 491 g/mol. The normalized spacial score (nSPS) is 16.2. The summed E-state index contributed by atoms with van der Waals surface area (Å²) in [5.74, 6) is 0.126. The van der Waals surface area contributed by atoms with Gasteiger partial charge < -0.3 is 20.0 Å². The van der Waals surface area contributed by atoms with E-state index in [0.717, 1.165) is 43.5 Å². The number of nitrogens with zero attached hydrogens (tertiary/aromatic N) is 3. The Balaban J connectivity index is 1.54. The van der Waals surface area contributed by atoms with Crippen LogP contribution >= 0.6 is 0 Å². The van der Waals surface area contributed by atoms with Crippen molar-refractivity contribution in [3.8, 4) is 0 Å². The van der Waals surface area contributed by atoms with Gasteiger partial charge in [0.05, 0.1) is 5.56 Å². The van der Waals surface area contributed by atoms with Crippen molar-refractivity contribution in [1.29, 1.82) is 0 Å². The molecule has 1 saturated heterocycles. The van der Waals surface area contributed by atoms with Crippen LogP contribution in [0.3, 0.4) is 0 Å². The fourth-order valence-corrected chi connectivity index (χ4v) is 4.90. The summed E-state index contributed by atoms with van der Waals surface area (Å²) in [6.45, 7) is 9.86. The highest BCUT2D eigenvalue weighted by Gasteiger charge is 2.27. The van der Waals surface area contributed by atoms with Crippen LogP contribution in [-0.4, -0.2) is 66.8 Å². The second-order valence-corrected chi connectivity index (χ2v) is 9.83. The lowest BCUT2D eigenvalue weighted by Crippen LogP contribution is -2.36. The van der Waals surface area contributed by atoms with Gasteiger partial charge in [-0.2, -0.15) is 0 Å². The Morgan fingerprint density at radius 1 is 0.917 bits per heavy atom. The molecule has 2 fully saturated rings. The molecule has 1 heterocycles. The summed E-state index contributed by atoms with van der Waals surface area (Å²) in [7, 11) is 0. The Morgan fingerprint density at radius 2 is 1.64 bits per heavy atom. The predicted molar refractivity (Wildman–Crippen MR) is 144 cm³/mol. The number of rotatable bonds is 7. The molecule has 192 valence electrons. The molecular formula is C29H38N4O3. The van der Waals surface area contributed by atoms with Crippen molar-refractivity contribution in [3.63, 3.8) is 0 Å². The summed E-state index contributed by atoms with van der Waals surface area (Å²) in [4.78, 5) is 45.0. The van der Waals surface area contributed by atoms with Crippen LogP contribution < -0.4 is 10.2 Å². The van der Waals surface area contributed by atoms with Gasteiger partial charge in [0, 0.05) is 62.1 Å². The van der Waals surface area contributed by atoms with Crippen LogP contribution in [0.1, 0.15) is 65.8 Å². The number of carbonyl (C=O) groups is 3. The molecule has 36 heavy (non-hydrogen) atoms. The molecule has 1 N–H and O–H groups in total. The van der Waals surface area contributed by atoms with E-state index in [-0.39, 0.29) is 23.6 Å². The van der Waals surface area contributed by atoms with E-state index in [0.29, 0.717) is 49.5 Å².